The summed E-state index contributed by atoms with van der Waals surface area (Å²) >= 11 is 0. The predicted molar refractivity (Wildman–Crippen MR) is 122 cm³/mol. The lowest BCUT2D eigenvalue weighted by Crippen LogP contribution is -2.86. The molecule has 4 aliphatic carbocycles. The van der Waals surface area contributed by atoms with Crippen molar-refractivity contribution in [3.63, 3.8) is 0 Å². The molecule has 4 atom stereocenters. The molecule has 1 aliphatic heterocycles. The quantitative estimate of drug-likeness (QED) is 0.604. The van der Waals surface area contributed by atoms with Gasteiger partial charge in [-0.3, -0.25) is 14.1 Å². The molecule has 0 bridgehead atoms. The molecule has 2 aromatic rings. The second-order valence-electron chi connectivity index (χ2n) is 11.3. The minimum atomic E-state index is -4.76. The lowest BCUT2D eigenvalue weighted by Gasteiger charge is -2.91. The molecule has 2 aromatic heterocycles. The topological polar surface area (TPSA) is 78.7 Å². The molecule has 1 spiro atoms. The Balaban J connectivity index is 1.000. The SMILES string of the molecule is O=C(NCC12CC3CC4CC(C1)C432)c1cccc2nc(CN3CCC(NS(=O)C(F)(F)F)C3)cn12. The van der Waals surface area contributed by atoms with Crippen LogP contribution >= 0.6 is 0 Å². The fourth-order valence-corrected chi connectivity index (χ4v) is 9.27. The monoisotopic (exact) mass is 507 g/mol. The van der Waals surface area contributed by atoms with Crippen molar-refractivity contribution < 1.29 is 22.2 Å². The summed E-state index contributed by atoms with van der Waals surface area (Å²) in [6.07, 6.45) is 7.65. The first-order valence-electron chi connectivity index (χ1n) is 12.4. The standard InChI is InChI=1S/C24H28F3N5O2S/c25-24(26,27)35(34)30-17-4-5-31(10-17)11-18-12-32-19(2-1-3-20(32)29-18)21(33)28-13-22-8-15-6-14-7-16(9-22)23(14,15)22/h1-3,12,14-17,30H,4-11,13H2,(H,28,33). The van der Waals surface area contributed by atoms with E-state index in [9.17, 15) is 22.2 Å². The molecule has 5 aliphatic rings. The van der Waals surface area contributed by atoms with E-state index in [-0.39, 0.29) is 5.91 Å². The molecule has 1 amide bonds. The normalized spacial score (nSPS) is 37.9. The number of nitrogens with zero attached hydrogens (tertiary/aromatic N) is 3. The number of aromatic nitrogens is 2. The number of pyridine rings is 1. The number of nitrogens with one attached hydrogen (secondary N) is 2. The fraction of sp³-hybridized carbons (Fsp3) is 0.667. The van der Waals surface area contributed by atoms with Crippen molar-refractivity contribution in [2.24, 2.45) is 28.6 Å². The van der Waals surface area contributed by atoms with E-state index in [0.717, 1.165) is 30.0 Å². The number of alkyl halides is 3. The van der Waals surface area contributed by atoms with Crippen molar-refractivity contribution in [2.45, 2.75) is 50.2 Å². The fourth-order valence-electron chi connectivity index (χ4n) is 8.64. The first-order chi connectivity index (χ1) is 16.7. The maximum atomic E-state index is 13.2. The highest BCUT2D eigenvalue weighted by Gasteiger charge is 2.87. The number of halogens is 3. The zero-order valence-electron chi connectivity index (χ0n) is 19.2. The Morgan fingerprint density at radius 1 is 1.20 bits per heavy atom. The van der Waals surface area contributed by atoms with E-state index in [1.54, 1.807) is 10.5 Å². The third kappa shape index (κ3) is 3.00. The second kappa shape index (κ2) is 7.29. The highest BCUT2D eigenvalue weighted by Crippen LogP contribution is 2.92. The molecule has 3 heterocycles. The van der Waals surface area contributed by atoms with Crippen LogP contribution < -0.4 is 10.0 Å². The molecule has 2 N–H and O–H groups in total. The first-order valence-corrected chi connectivity index (χ1v) is 13.6. The van der Waals surface area contributed by atoms with Crippen LogP contribution in [0.3, 0.4) is 0 Å². The maximum Gasteiger partial charge on any atom is 0.485 e. The van der Waals surface area contributed by atoms with Crippen molar-refractivity contribution in [1.29, 1.82) is 0 Å². The molecule has 4 saturated carbocycles. The number of amides is 1. The van der Waals surface area contributed by atoms with Gasteiger partial charge in [-0.25, -0.2) is 13.9 Å². The van der Waals surface area contributed by atoms with Crippen LogP contribution in [0.4, 0.5) is 13.2 Å². The number of hydrogen-bond donors (Lipinski definition) is 2. The summed E-state index contributed by atoms with van der Waals surface area (Å²) in [5, 5.41) is 3.23. The van der Waals surface area contributed by atoms with Gasteiger partial charge in [-0.1, -0.05) is 6.07 Å². The van der Waals surface area contributed by atoms with Crippen molar-refractivity contribution in [2.75, 3.05) is 19.6 Å². The molecular weight excluding hydrogens is 479 g/mol. The highest BCUT2D eigenvalue weighted by atomic mass is 32.2. The number of hydrogen-bond acceptors (Lipinski definition) is 4. The molecule has 35 heavy (non-hydrogen) atoms. The van der Waals surface area contributed by atoms with Gasteiger partial charge in [-0.05, 0) is 72.8 Å². The lowest BCUT2D eigenvalue weighted by atomic mass is 9.13. The van der Waals surface area contributed by atoms with Gasteiger partial charge in [0.2, 0.25) is 0 Å². The van der Waals surface area contributed by atoms with Gasteiger partial charge < -0.3 is 5.32 Å². The molecule has 11 heteroatoms. The van der Waals surface area contributed by atoms with E-state index in [1.807, 2.05) is 23.2 Å². The molecule has 7 rings (SSSR count). The van der Waals surface area contributed by atoms with Gasteiger partial charge in [-0.15, -0.1) is 0 Å². The van der Waals surface area contributed by atoms with Crippen LogP contribution in [0.25, 0.3) is 5.65 Å². The Labute approximate surface area is 203 Å². The van der Waals surface area contributed by atoms with Crippen LogP contribution in [0.15, 0.2) is 24.4 Å². The Bertz CT molecular complexity index is 1220. The maximum absolute atomic E-state index is 13.2. The number of fused-ring (bicyclic) bond motifs is 1. The molecule has 1 saturated heterocycles. The van der Waals surface area contributed by atoms with Crippen LogP contribution in [0.5, 0.6) is 0 Å². The highest BCUT2D eigenvalue weighted by molar-refractivity contribution is 7.83. The number of likely N-dealkylation sites (tertiary alicyclic amines) is 1. The summed E-state index contributed by atoms with van der Waals surface area (Å²) < 4.78 is 53.0. The third-order valence-electron chi connectivity index (χ3n) is 9.86. The van der Waals surface area contributed by atoms with E-state index in [1.165, 1.54) is 25.7 Å². The lowest BCUT2D eigenvalue weighted by molar-refractivity contribution is -0.428. The Morgan fingerprint density at radius 3 is 2.66 bits per heavy atom. The zero-order chi connectivity index (χ0) is 24.2. The van der Waals surface area contributed by atoms with Gasteiger partial charge in [0.1, 0.15) is 11.3 Å². The summed E-state index contributed by atoms with van der Waals surface area (Å²) in [5.74, 6) is 2.63. The molecule has 5 fully saturated rings. The van der Waals surface area contributed by atoms with Gasteiger partial charge in [-0.2, -0.15) is 13.2 Å². The van der Waals surface area contributed by atoms with Crippen molar-refractivity contribution >= 4 is 22.5 Å². The number of rotatable bonds is 7. The van der Waals surface area contributed by atoms with E-state index in [2.05, 4.69) is 15.0 Å². The minimum absolute atomic E-state index is 0.0903. The molecule has 4 unspecified atom stereocenters. The number of carbonyl (C=O) groups excluding carboxylic acids is 1. The predicted octanol–water partition coefficient (Wildman–Crippen LogP) is 2.85. The zero-order valence-corrected chi connectivity index (χ0v) is 20.0. The van der Waals surface area contributed by atoms with E-state index in [0.29, 0.717) is 48.2 Å². The van der Waals surface area contributed by atoms with E-state index >= 15 is 0 Å². The summed E-state index contributed by atoms with van der Waals surface area (Å²) in [6, 6.07) is 4.98. The van der Waals surface area contributed by atoms with Crippen LogP contribution in [-0.4, -0.2) is 55.6 Å². The van der Waals surface area contributed by atoms with Gasteiger partial charge in [0.15, 0.2) is 11.0 Å². The first kappa shape index (κ1) is 22.2. The summed E-state index contributed by atoms with van der Waals surface area (Å²) in [6.45, 7) is 2.15. The number of carbonyl (C=O) groups is 1. The Hall–Kier alpha value is -1.98. The Morgan fingerprint density at radius 2 is 1.97 bits per heavy atom. The summed E-state index contributed by atoms with van der Waals surface area (Å²) in [4.78, 5) is 19.8. The van der Waals surface area contributed by atoms with E-state index in [4.69, 9.17) is 0 Å². The summed E-state index contributed by atoms with van der Waals surface area (Å²) in [7, 11) is -3.05. The van der Waals surface area contributed by atoms with E-state index < -0.39 is 22.5 Å². The minimum Gasteiger partial charge on any atom is -0.350 e. The second-order valence-corrected chi connectivity index (χ2v) is 12.5. The Kier molecular flexibility index (Phi) is 4.63. The van der Waals surface area contributed by atoms with Gasteiger partial charge >= 0.3 is 5.51 Å². The van der Waals surface area contributed by atoms with Gasteiger partial charge in [0, 0.05) is 38.4 Å². The molecule has 188 valence electrons. The van der Waals surface area contributed by atoms with Crippen molar-refractivity contribution in [3.05, 3.63) is 35.8 Å². The van der Waals surface area contributed by atoms with Crippen molar-refractivity contribution in [1.82, 2.24) is 24.3 Å². The number of imidazole rings is 1. The van der Waals surface area contributed by atoms with Crippen LogP contribution in [-0.2, 0) is 17.5 Å². The molecule has 0 radical (unpaired) electrons. The van der Waals surface area contributed by atoms with Crippen LogP contribution in [0.2, 0.25) is 0 Å². The molecule has 7 nitrogen and oxygen atoms in total. The molecule has 0 aromatic carbocycles. The summed E-state index contributed by atoms with van der Waals surface area (Å²) in [5.41, 5.74) is -1.89. The largest absolute Gasteiger partial charge is 0.485 e. The smallest absolute Gasteiger partial charge is 0.350 e. The molecular formula is C24H28F3N5O2S. The average molecular weight is 508 g/mol. The van der Waals surface area contributed by atoms with Crippen molar-refractivity contribution in [3.8, 4) is 0 Å². The van der Waals surface area contributed by atoms with Gasteiger partial charge in [0.25, 0.3) is 5.91 Å². The van der Waals surface area contributed by atoms with Crippen LogP contribution in [0.1, 0.15) is 48.3 Å². The van der Waals surface area contributed by atoms with Gasteiger partial charge in [0.05, 0.1) is 5.69 Å². The average Bonchev–Trinajstić information content (AvgIpc) is 3.36. The van der Waals surface area contributed by atoms with Crippen LogP contribution in [0, 0.1) is 28.6 Å². The third-order valence-corrected chi connectivity index (χ3v) is 10.8.